The quantitative estimate of drug-likeness (QED) is 0.585. The lowest BCUT2D eigenvalue weighted by Crippen LogP contribution is -2.21. The van der Waals surface area contributed by atoms with Crippen LogP contribution in [0, 0.1) is 0 Å². The van der Waals surface area contributed by atoms with E-state index in [-0.39, 0.29) is 18.5 Å². The Hall–Kier alpha value is -1.44. The van der Waals surface area contributed by atoms with Crippen molar-refractivity contribution in [3.63, 3.8) is 0 Å². The van der Waals surface area contributed by atoms with Gasteiger partial charge >= 0.3 is 5.97 Å². The summed E-state index contributed by atoms with van der Waals surface area (Å²) in [5.41, 5.74) is 6.84. The molecule has 7 heteroatoms. The average Bonchev–Trinajstić information content (AvgIpc) is 2.99. The average molecular weight is 312 g/mol. The lowest BCUT2D eigenvalue weighted by atomic mass is 10.1. The molecule has 116 valence electrons. The molecule has 1 aliphatic carbocycles. The molecule has 1 aromatic heterocycles. The van der Waals surface area contributed by atoms with Gasteiger partial charge in [0, 0.05) is 11.4 Å². The molecular formula is C14H20N2O4S. The predicted octanol–water partition coefficient (Wildman–Crippen LogP) is 1.33. The summed E-state index contributed by atoms with van der Waals surface area (Å²) in [6, 6.07) is 0. The topological polar surface area (TPSA) is 90.6 Å². The van der Waals surface area contributed by atoms with Crippen molar-refractivity contribution in [3.8, 4) is 0 Å². The first-order chi connectivity index (χ1) is 10.2. The molecule has 0 spiro atoms. The molecule has 0 aliphatic heterocycles. The molecule has 1 amide bonds. The highest BCUT2D eigenvalue weighted by atomic mass is 32.1. The van der Waals surface area contributed by atoms with E-state index >= 15 is 0 Å². The number of rotatable bonds is 7. The molecule has 21 heavy (non-hydrogen) atoms. The number of nitrogens with one attached hydrogen (secondary N) is 1. The summed E-state index contributed by atoms with van der Waals surface area (Å²) < 4.78 is 10.2. The monoisotopic (exact) mass is 312 g/mol. The third-order valence-electron chi connectivity index (χ3n) is 3.15. The first kappa shape index (κ1) is 15.9. The summed E-state index contributed by atoms with van der Waals surface area (Å²) in [6.45, 7) is 2.72. The van der Waals surface area contributed by atoms with Gasteiger partial charge in [-0.15, -0.1) is 11.3 Å². The molecule has 0 atom stereocenters. The van der Waals surface area contributed by atoms with Gasteiger partial charge in [-0.25, -0.2) is 4.79 Å². The van der Waals surface area contributed by atoms with Gasteiger partial charge in [0.25, 0.3) is 5.91 Å². The lowest BCUT2D eigenvalue weighted by Gasteiger charge is -2.08. The molecule has 0 saturated heterocycles. The number of esters is 1. The first-order valence-corrected chi connectivity index (χ1v) is 7.88. The van der Waals surface area contributed by atoms with Crippen molar-refractivity contribution in [2.45, 2.75) is 26.2 Å². The van der Waals surface area contributed by atoms with Crippen LogP contribution in [0.2, 0.25) is 0 Å². The highest BCUT2D eigenvalue weighted by molar-refractivity contribution is 7.17. The summed E-state index contributed by atoms with van der Waals surface area (Å²) in [6.07, 6.45) is 2.85. The van der Waals surface area contributed by atoms with Crippen LogP contribution < -0.4 is 11.1 Å². The van der Waals surface area contributed by atoms with Crippen molar-refractivity contribution < 1.29 is 19.1 Å². The van der Waals surface area contributed by atoms with Crippen LogP contribution in [-0.2, 0) is 27.1 Å². The van der Waals surface area contributed by atoms with Crippen LogP contribution in [0.4, 0.5) is 5.00 Å². The normalized spacial score (nSPS) is 13.0. The third-order valence-corrected chi connectivity index (χ3v) is 4.36. The van der Waals surface area contributed by atoms with E-state index in [2.05, 4.69) is 5.32 Å². The van der Waals surface area contributed by atoms with Crippen LogP contribution in [0.1, 0.15) is 34.1 Å². The second kappa shape index (κ2) is 7.53. The van der Waals surface area contributed by atoms with Crippen molar-refractivity contribution in [2.75, 3.05) is 31.7 Å². The molecule has 0 fully saturated rings. The first-order valence-electron chi connectivity index (χ1n) is 7.06. The fourth-order valence-corrected chi connectivity index (χ4v) is 3.62. The van der Waals surface area contributed by atoms with Gasteiger partial charge in [-0.2, -0.15) is 0 Å². The maximum Gasteiger partial charge on any atom is 0.341 e. The largest absolute Gasteiger partial charge is 0.462 e. The second-order valence-corrected chi connectivity index (χ2v) is 5.78. The molecule has 1 aliphatic rings. The molecular weight excluding hydrogens is 292 g/mol. The summed E-state index contributed by atoms with van der Waals surface area (Å²) in [5.74, 6) is -0.649. The van der Waals surface area contributed by atoms with Crippen LogP contribution in [0.25, 0.3) is 0 Å². The molecule has 3 N–H and O–H groups in total. The van der Waals surface area contributed by atoms with E-state index in [1.54, 1.807) is 6.92 Å². The number of amides is 1. The van der Waals surface area contributed by atoms with Gasteiger partial charge in [0.05, 0.1) is 18.8 Å². The van der Waals surface area contributed by atoms with Crippen molar-refractivity contribution in [1.82, 2.24) is 0 Å². The molecule has 0 bridgehead atoms. The van der Waals surface area contributed by atoms with Gasteiger partial charge in [-0.3, -0.25) is 4.79 Å². The molecule has 0 aromatic carbocycles. The van der Waals surface area contributed by atoms with Crippen molar-refractivity contribution in [3.05, 3.63) is 16.0 Å². The number of hydrogen-bond acceptors (Lipinski definition) is 6. The number of carbonyl (C=O) groups excluding carboxylic acids is 2. The van der Waals surface area contributed by atoms with Gasteiger partial charge in [0.15, 0.2) is 0 Å². The number of anilines is 1. The summed E-state index contributed by atoms with van der Waals surface area (Å²) in [4.78, 5) is 25.1. The zero-order chi connectivity index (χ0) is 15.2. The van der Waals surface area contributed by atoms with Crippen molar-refractivity contribution >= 4 is 28.2 Å². The minimum Gasteiger partial charge on any atom is -0.462 e. The second-order valence-electron chi connectivity index (χ2n) is 4.67. The maximum absolute atomic E-state index is 12.1. The van der Waals surface area contributed by atoms with E-state index in [0.29, 0.717) is 30.3 Å². The fourth-order valence-electron chi connectivity index (χ4n) is 2.32. The molecule has 6 nitrogen and oxygen atoms in total. The summed E-state index contributed by atoms with van der Waals surface area (Å²) in [5, 5.41) is 3.32. The van der Waals surface area contributed by atoms with Gasteiger partial charge < -0.3 is 20.5 Å². The Morgan fingerprint density at radius 1 is 1.38 bits per heavy atom. The number of nitrogens with two attached hydrogens (primary N) is 1. The van der Waals surface area contributed by atoms with E-state index < -0.39 is 0 Å². The van der Waals surface area contributed by atoms with Crippen LogP contribution in [0.5, 0.6) is 0 Å². The molecule has 2 rings (SSSR count). The van der Waals surface area contributed by atoms with E-state index in [1.165, 1.54) is 11.3 Å². The number of thiophene rings is 1. The van der Waals surface area contributed by atoms with E-state index in [4.69, 9.17) is 15.2 Å². The van der Waals surface area contributed by atoms with Crippen LogP contribution >= 0.6 is 11.3 Å². The number of aryl methyl sites for hydroxylation is 1. The SMILES string of the molecule is CCOC(=O)c1c(NC(=O)COCCN)sc2c1CCC2. The van der Waals surface area contributed by atoms with Gasteiger partial charge in [0.1, 0.15) is 11.6 Å². The number of hydrogen-bond donors (Lipinski definition) is 2. The van der Waals surface area contributed by atoms with Crippen LogP contribution in [0.3, 0.4) is 0 Å². The number of carbonyl (C=O) groups is 2. The van der Waals surface area contributed by atoms with Gasteiger partial charge in [0.2, 0.25) is 0 Å². The minimum absolute atomic E-state index is 0.0674. The van der Waals surface area contributed by atoms with Crippen LogP contribution in [-0.4, -0.2) is 38.2 Å². The fraction of sp³-hybridized carbons (Fsp3) is 0.571. The third kappa shape index (κ3) is 3.81. The predicted molar refractivity (Wildman–Crippen MR) is 80.8 cm³/mol. The Kier molecular flexibility index (Phi) is 5.72. The zero-order valence-electron chi connectivity index (χ0n) is 12.1. The smallest absolute Gasteiger partial charge is 0.341 e. The van der Waals surface area contributed by atoms with Crippen molar-refractivity contribution in [2.24, 2.45) is 5.73 Å². The molecule has 0 radical (unpaired) electrons. The van der Waals surface area contributed by atoms with E-state index in [0.717, 1.165) is 29.7 Å². The van der Waals surface area contributed by atoms with Gasteiger partial charge in [-0.1, -0.05) is 0 Å². The summed E-state index contributed by atoms with van der Waals surface area (Å²) >= 11 is 1.46. The Morgan fingerprint density at radius 3 is 2.90 bits per heavy atom. The zero-order valence-corrected chi connectivity index (χ0v) is 12.9. The number of ether oxygens (including phenoxy) is 2. The Bertz CT molecular complexity index is 527. The number of fused-ring (bicyclic) bond motifs is 1. The Morgan fingerprint density at radius 2 is 2.19 bits per heavy atom. The van der Waals surface area contributed by atoms with Gasteiger partial charge in [-0.05, 0) is 31.7 Å². The highest BCUT2D eigenvalue weighted by Gasteiger charge is 2.28. The Labute approximate surface area is 127 Å². The molecule has 1 aromatic rings. The Balaban J connectivity index is 2.12. The standard InChI is InChI=1S/C14H20N2O4S/c1-2-20-14(18)12-9-4-3-5-10(9)21-13(12)16-11(17)8-19-7-6-15/h2-8,15H2,1H3,(H,16,17). The molecule has 0 unspecified atom stereocenters. The summed E-state index contributed by atoms with van der Waals surface area (Å²) in [7, 11) is 0. The molecule has 0 saturated carbocycles. The highest BCUT2D eigenvalue weighted by Crippen LogP contribution is 2.39. The molecule has 1 heterocycles. The minimum atomic E-state index is -0.366. The maximum atomic E-state index is 12.1. The van der Waals surface area contributed by atoms with Crippen molar-refractivity contribution in [1.29, 1.82) is 0 Å². The van der Waals surface area contributed by atoms with E-state index in [1.807, 2.05) is 0 Å². The van der Waals surface area contributed by atoms with E-state index in [9.17, 15) is 9.59 Å². The lowest BCUT2D eigenvalue weighted by molar-refractivity contribution is -0.120. The van der Waals surface area contributed by atoms with Crippen LogP contribution in [0.15, 0.2) is 0 Å².